The largest absolute Gasteiger partial charge is 0.417 e. The van der Waals surface area contributed by atoms with E-state index in [9.17, 15) is 26.3 Å². The summed E-state index contributed by atoms with van der Waals surface area (Å²) < 4.78 is 97.7. The third kappa shape index (κ3) is 6.88. The van der Waals surface area contributed by atoms with Crippen LogP contribution in [0.15, 0.2) is 243 Å². The number of aromatic nitrogens is 4. The predicted molar refractivity (Wildman–Crippen MR) is 305 cm³/mol. The van der Waals surface area contributed by atoms with Crippen molar-refractivity contribution in [2.45, 2.75) is 12.4 Å². The number of para-hydroxylation sites is 6. The number of hydrogen-bond acceptors (Lipinski definition) is 0. The molecule has 4 nitrogen and oxygen atoms in total. The zero-order chi connectivity index (χ0) is 52.6. The van der Waals surface area contributed by atoms with Crippen LogP contribution in [0.5, 0.6) is 0 Å². The molecule has 15 aromatic rings. The lowest BCUT2D eigenvalue weighted by Gasteiger charge is -2.21. The van der Waals surface area contributed by atoms with Crippen molar-refractivity contribution < 1.29 is 26.3 Å². The molecule has 0 aliphatic heterocycles. The van der Waals surface area contributed by atoms with E-state index >= 15 is 0 Å². The number of rotatable bonds is 6. The molecule has 374 valence electrons. The van der Waals surface area contributed by atoms with Crippen LogP contribution in [-0.4, -0.2) is 18.3 Å². The molecule has 11 aromatic carbocycles. The van der Waals surface area contributed by atoms with Crippen LogP contribution < -0.4 is 0 Å². The van der Waals surface area contributed by atoms with E-state index in [2.05, 4.69) is 115 Å². The van der Waals surface area contributed by atoms with Crippen molar-refractivity contribution in [3.8, 4) is 45.0 Å². The SMILES string of the molecule is FC(F)(F)c1cc(-c2ccc(-n3c4ccccc4c4cc(-n5c6ccccc6c6ccccc65)ccc43)cc2)c(-c2ccc(-n3c4ccccc4c4cc(-n5c6ccccc6c6ccccc65)ccc43)cc2)cc1C(F)(F)F. The van der Waals surface area contributed by atoms with E-state index in [0.29, 0.717) is 23.3 Å². The summed E-state index contributed by atoms with van der Waals surface area (Å²) in [6.45, 7) is 0. The average Bonchev–Trinajstić information content (AvgIpc) is 4.35. The Hall–Kier alpha value is -9.80. The standard InChI is InChI=1S/C68H40F6N4/c69-67(70,71)57-39-53(41-25-29-43(30-26-41)75-63-23-11-5-17-51(63)55-37-45(33-35-65(55)75)77-59-19-7-1-13-47(59)48-14-2-8-20-60(48)77)54(40-58(57)68(72,73)74)42-27-31-44(32-28-42)76-64-24-12-6-18-52(64)56-38-46(34-36-66(56)76)78-61-21-9-3-15-49(61)50-16-4-10-22-62(50)78/h1-40H. The maximum Gasteiger partial charge on any atom is 0.417 e. The van der Waals surface area contributed by atoms with Crippen LogP contribution in [0.1, 0.15) is 11.1 Å². The topological polar surface area (TPSA) is 19.7 Å². The van der Waals surface area contributed by atoms with Gasteiger partial charge in [0, 0.05) is 65.8 Å². The van der Waals surface area contributed by atoms with E-state index < -0.39 is 23.5 Å². The molecule has 0 bridgehead atoms. The summed E-state index contributed by atoms with van der Waals surface area (Å²) in [6, 6.07) is 77.5. The first-order chi connectivity index (χ1) is 38.0. The van der Waals surface area contributed by atoms with Crippen molar-refractivity contribution in [1.82, 2.24) is 18.3 Å². The molecule has 0 atom stereocenters. The molecule has 4 heterocycles. The molecule has 0 unspecified atom stereocenters. The molecule has 0 saturated carbocycles. The van der Waals surface area contributed by atoms with Gasteiger partial charge in [0.25, 0.3) is 0 Å². The Balaban J connectivity index is 0.844. The van der Waals surface area contributed by atoms with Gasteiger partial charge in [-0.25, -0.2) is 0 Å². The summed E-state index contributed by atoms with van der Waals surface area (Å²) in [7, 11) is 0. The van der Waals surface area contributed by atoms with E-state index in [0.717, 1.165) is 110 Å². The number of benzene rings is 11. The van der Waals surface area contributed by atoms with Crippen LogP contribution >= 0.6 is 0 Å². The highest BCUT2D eigenvalue weighted by atomic mass is 19.4. The monoisotopic (exact) mass is 1030 g/mol. The maximum absolute atomic E-state index is 14.8. The Bertz CT molecular complexity index is 4510. The second-order valence-electron chi connectivity index (χ2n) is 19.9. The Morgan fingerprint density at radius 1 is 0.218 bits per heavy atom. The minimum absolute atomic E-state index is 0.0158. The Morgan fingerprint density at radius 3 is 0.731 bits per heavy atom. The van der Waals surface area contributed by atoms with Gasteiger partial charge in [0.15, 0.2) is 0 Å². The molecule has 4 aromatic heterocycles. The third-order valence-electron chi connectivity index (χ3n) is 15.6. The van der Waals surface area contributed by atoms with Gasteiger partial charge in [0.1, 0.15) is 0 Å². The summed E-state index contributed by atoms with van der Waals surface area (Å²) in [5.41, 5.74) is 8.62. The number of nitrogens with zero attached hydrogens (tertiary/aromatic N) is 4. The summed E-state index contributed by atoms with van der Waals surface area (Å²) in [5.74, 6) is 0. The van der Waals surface area contributed by atoms with Crippen molar-refractivity contribution in [2.75, 3.05) is 0 Å². The molecular formula is C68H40F6N4. The van der Waals surface area contributed by atoms with Gasteiger partial charge in [0.2, 0.25) is 0 Å². The molecule has 0 N–H and O–H groups in total. The summed E-state index contributed by atoms with van der Waals surface area (Å²) in [4.78, 5) is 0. The Kier molecular flexibility index (Phi) is 9.85. The summed E-state index contributed by atoms with van der Waals surface area (Å²) in [6.07, 6.45) is -10.6. The zero-order valence-corrected chi connectivity index (χ0v) is 41.2. The first-order valence-corrected chi connectivity index (χ1v) is 25.6. The zero-order valence-electron chi connectivity index (χ0n) is 41.2. The lowest BCUT2D eigenvalue weighted by atomic mass is 9.89. The fourth-order valence-corrected chi connectivity index (χ4v) is 12.3. The van der Waals surface area contributed by atoms with Gasteiger partial charge in [-0.2, -0.15) is 26.3 Å². The predicted octanol–water partition coefficient (Wildman–Crippen LogP) is 19.4. The lowest BCUT2D eigenvalue weighted by molar-refractivity contribution is -0.162. The first-order valence-electron chi connectivity index (χ1n) is 25.6. The van der Waals surface area contributed by atoms with Crippen molar-refractivity contribution in [1.29, 1.82) is 0 Å². The Morgan fingerprint density at radius 2 is 0.449 bits per heavy atom. The number of halogens is 6. The van der Waals surface area contributed by atoms with Gasteiger partial charge in [-0.05, 0) is 131 Å². The van der Waals surface area contributed by atoms with Gasteiger partial charge < -0.3 is 18.3 Å². The molecule has 0 saturated heterocycles. The van der Waals surface area contributed by atoms with E-state index in [4.69, 9.17) is 0 Å². The molecule has 0 aliphatic rings. The molecule has 10 heteroatoms. The second-order valence-corrected chi connectivity index (χ2v) is 19.9. The van der Waals surface area contributed by atoms with E-state index in [1.807, 2.05) is 109 Å². The van der Waals surface area contributed by atoms with E-state index in [-0.39, 0.29) is 11.1 Å². The number of hydrogen-bond donors (Lipinski definition) is 0. The average molecular weight is 1030 g/mol. The minimum Gasteiger partial charge on any atom is -0.309 e. The Labute approximate surface area is 441 Å². The van der Waals surface area contributed by atoms with Crippen molar-refractivity contribution in [3.05, 3.63) is 254 Å². The van der Waals surface area contributed by atoms with Crippen molar-refractivity contribution in [2.24, 2.45) is 0 Å². The van der Waals surface area contributed by atoms with Crippen LogP contribution in [0.4, 0.5) is 26.3 Å². The van der Waals surface area contributed by atoms with Crippen LogP contribution in [0.3, 0.4) is 0 Å². The minimum atomic E-state index is -5.29. The van der Waals surface area contributed by atoms with Crippen LogP contribution in [0.25, 0.3) is 132 Å². The van der Waals surface area contributed by atoms with Gasteiger partial charge in [-0.3, -0.25) is 0 Å². The second kappa shape index (κ2) is 16.9. The third-order valence-corrected chi connectivity index (χ3v) is 15.6. The van der Waals surface area contributed by atoms with Gasteiger partial charge in [-0.15, -0.1) is 0 Å². The van der Waals surface area contributed by atoms with E-state index in [1.165, 1.54) is 0 Å². The lowest BCUT2D eigenvalue weighted by Crippen LogP contribution is -2.17. The molecule has 78 heavy (non-hydrogen) atoms. The number of fused-ring (bicyclic) bond motifs is 12. The molecule has 0 radical (unpaired) electrons. The van der Waals surface area contributed by atoms with Crippen molar-refractivity contribution in [3.63, 3.8) is 0 Å². The van der Waals surface area contributed by atoms with Crippen LogP contribution in [0.2, 0.25) is 0 Å². The fourth-order valence-electron chi connectivity index (χ4n) is 12.3. The van der Waals surface area contributed by atoms with Gasteiger partial charge >= 0.3 is 12.4 Å². The molecular weight excluding hydrogens is 987 g/mol. The fraction of sp³-hybridized carbons (Fsp3) is 0.0294. The maximum atomic E-state index is 14.8. The number of alkyl halides is 6. The molecule has 0 fully saturated rings. The normalized spacial score (nSPS) is 12.5. The first kappa shape index (κ1) is 45.6. The molecule has 0 spiro atoms. The highest BCUT2D eigenvalue weighted by molar-refractivity contribution is 6.14. The van der Waals surface area contributed by atoms with Crippen LogP contribution in [0, 0.1) is 0 Å². The van der Waals surface area contributed by atoms with Gasteiger partial charge in [-0.1, -0.05) is 133 Å². The van der Waals surface area contributed by atoms with Gasteiger partial charge in [0.05, 0.1) is 55.3 Å². The smallest absolute Gasteiger partial charge is 0.309 e. The quantitative estimate of drug-likeness (QED) is 0.148. The van der Waals surface area contributed by atoms with E-state index in [1.54, 1.807) is 24.3 Å². The molecule has 0 amide bonds. The highest BCUT2D eigenvalue weighted by Gasteiger charge is 2.44. The van der Waals surface area contributed by atoms with Crippen molar-refractivity contribution >= 4 is 87.2 Å². The highest BCUT2D eigenvalue weighted by Crippen LogP contribution is 2.47. The summed E-state index contributed by atoms with van der Waals surface area (Å²) >= 11 is 0. The van der Waals surface area contributed by atoms with Crippen LogP contribution in [-0.2, 0) is 12.4 Å². The molecule has 15 rings (SSSR count). The molecule has 0 aliphatic carbocycles. The summed E-state index contributed by atoms with van der Waals surface area (Å²) in [5, 5.41) is 8.62.